The van der Waals surface area contributed by atoms with Crippen LogP contribution in [0.25, 0.3) is 6.08 Å². The van der Waals surface area contributed by atoms with E-state index in [1.165, 1.54) is 36.0 Å². The molecule has 0 aliphatic carbocycles. The molecule has 3 aromatic rings. The minimum Gasteiger partial charge on any atom is -0.487 e. The molecule has 0 atom stereocenters. The molecule has 1 aliphatic rings. The number of halogens is 3. The number of aliphatic imine (C=N–C) groups is 1. The topological polar surface area (TPSA) is 85.0 Å². The highest BCUT2D eigenvalue weighted by molar-refractivity contribution is 9.11. The Morgan fingerprint density at radius 2 is 1.83 bits per heavy atom. The average molecular weight is 635 g/mol. The summed E-state index contributed by atoms with van der Waals surface area (Å²) in [5.41, 5.74) is 1.97. The summed E-state index contributed by atoms with van der Waals surface area (Å²) in [6.45, 7) is 2.45. The zero-order valence-electron chi connectivity index (χ0n) is 18.8. The van der Waals surface area contributed by atoms with Crippen molar-refractivity contribution in [3.8, 4) is 5.75 Å². The number of likely N-dealkylation sites (N-methyl/N-ethyl adjacent to an activating group) is 1. The van der Waals surface area contributed by atoms with Crippen molar-refractivity contribution in [2.75, 3.05) is 6.54 Å². The van der Waals surface area contributed by atoms with Crippen LogP contribution < -0.4 is 4.74 Å². The largest absolute Gasteiger partial charge is 0.487 e. The quantitative estimate of drug-likeness (QED) is 0.153. The fourth-order valence-electron chi connectivity index (χ4n) is 3.36. The maximum Gasteiger partial charge on any atom is 0.269 e. The first-order chi connectivity index (χ1) is 17.2. The molecule has 3 aromatic carbocycles. The lowest BCUT2D eigenvalue weighted by Gasteiger charge is -2.12. The van der Waals surface area contributed by atoms with Crippen LogP contribution in [-0.2, 0) is 11.4 Å². The van der Waals surface area contributed by atoms with Crippen LogP contribution in [0.4, 0.5) is 15.8 Å². The van der Waals surface area contributed by atoms with Gasteiger partial charge in [-0.15, -0.1) is 0 Å². The minimum atomic E-state index is -0.449. The third kappa shape index (κ3) is 6.03. The van der Waals surface area contributed by atoms with Crippen LogP contribution in [-0.4, -0.2) is 27.4 Å². The second-order valence-electron chi connectivity index (χ2n) is 7.56. The van der Waals surface area contributed by atoms with Crippen molar-refractivity contribution in [2.24, 2.45) is 4.99 Å². The maximum atomic E-state index is 13.2. The molecule has 0 spiro atoms. The van der Waals surface area contributed by atoms with Gasteiger partial charge < -0.3 is 4.74 Å². The summed E-state index contributed by atoms with van der Waals surface area (Å²) in [5, 5.41) is 11.5. The highest BCUT2D eigenvalue weighted by Gasteiger charge is 2.32. The van der Waals surface area contributed by atoms with Crippen molar-refractivity contribution in [1.29, 1.82) is 0 Å². The molecule has 1 saturated heterocycles. The number of hydrogen-bond acceptors (Lipinski definition) is 6. The van der Waals surface area contributed by atoms with Gasteiger partial charge in [-0.25, -0.2) is 9.38 Å². The first-order valence-electron chi connectivity index (χ1n) is 10.7. The van der Waals surface area contributed by atoms with Crippen molar-refractivity contribution < 1.29 is 18.8 Å². The molecule has 4 rings (SSSR count). The SMILES string of the molecule is CCN1C(=O)/C(=C\c2cc(Br)c(OCc3cccc([N+](=O)[O-])c3)c(Br)c2)SC1=Nc1ccc(F)cc1. The molecule has 0 radical (unpaired) electrons. The standard InChI is InChI=1S/C25H18Br2FN3O4S/c1-2-30-24(32)22(36-25(30)29-18-8-6-17(28)7-9-18)13-16-11-20(26)23(21(27)12-16)35-14-15-4-3-5-19(10-15)31(33)34/h3-13H,2,14H2,1H3/b22-13+,29-25?. The fraction of sp³-hybridized carbons (Fsp3) is 0.120. The van der Waals surface area contributed by atoms with Gasteiger partial charge in [-0.05, 0) is 104 Å². The Morgan fingerprint density at radius 3 is 2.47 bits per heavy atom. The van der Waals surface area contributed by atoms with Crippen LogP contribution in [0.15, 0.2) is 79.5 Å². The summed E-state index contributed by atoms with van der Waals surface area (Å²) in [4.78, 5) is 30.1. The third-order valence-electron chi connectivity index (χ3n) is 5.08. The van der Waals surface area contributed by atoms with E-state index in [0.29, 0.717) is 42.6 Å². The monoisotopic (exact) mass is 633 g/mol. The molecule has 0 bridgehead atoms. The van der Waals surface area contributed by atoms with Gasteiger partial charge in [0.05, 0.1) is 24.5 Å². The van der Waals surface area contributed by atoms with Crippen LogP contribution in [0.3, 0.4) is 0 Å². The number of rotatable bonds is 7. The van der Waals surface area contributed by atoms with Gasteiger partial charge in [0.1, 0.15) is 18.2 Å². The molecule has 0 unspecified atom stereocenters. The molecule has 36 heavy (non-hydrogen) atoms. The predicted molar refractivity (Wildman–Crippen MR) is 146 cm³/mol. The summed E-state index contributed by atoms with van der Waals surface area (Å²) < 4.78 is 20.4. The van der Waals surface area contributed by atoms with E-state index >= 15 is 0 Å². The smallest absolute Gasteiger partial charge is 0.269 e. The number of benzene rings is 3. The van der Waals surface area contributed by atoms with Gasteiger partial charge in [-0.2, -0.15) is 0 Å². The van der Waals surface area contributed by atoms with Gasteiger partial charge >= 0.3 is 0 Å². The molecule has 0 saturated carbocycles. The van der Waals surface area contributed by atoms with Crippen molar-refractivity contribution in [3.63, 3.8) is 0 Å². The molecule has 0 N–H and O–H groups in total. The predicted octanol–water partition coefficient (Wildman–Crippen LogP) is 7.46. The third-order valence-corrected chi connectivity index (χ3v) is 7.26. The van der Waals surface area contributed by atoms with E-state index in [4.69, 9.17) is 4.74 Å². The molecule has 0 aromatic heterocycles. The number of hydrogen-bond donors (Lipinski definition) is 0. The normalized spacial score (nSPS) is 15.7. The zero-order valence-corrected chi connectivity index (χ0v) is 22.8. The fourth-order valence-corrected chi connectivity index (χ4v) is 5.88. The van der Waals surface area contributed by atoms with Crippen LogP contribution in [0.5, 0.6) is 5.75 Å². The van der Waals surface area contributed by atoms with Crippen LogP contribution in [0.2, 0.25) is 0 Å². The molecule has 1 aliphatic heterocycles. The lowest BCUT2D eigenvalue weighted by atomic mass is 10.2. The first kappa shape index (κ1) is 26.1. The van der Waals surface area contributed by atoms with Gasteiger partial charge in [0.2, 0.25) is 0 Å². The summed E-state index contributed by atoms with van der Waals surface area (Å²) in [5.74, 6) is 0.0140. The molecule has 184 valence electrons. The number of amides is 1. The summed E-state index contributed by atoms with van der Waals surface area (Å²) in [7, 11) is 0. The number of carbonyl (C=O) groups excluding carboxylic acids is 1. The summed E-state index contributed by atoms with van der Waals surface area (Å²) >= 11 is 8.27. The number of ether oxygens (including phenoxy) is 1. The molecule has 1 amide bonds. The number of nitrogens with zero attached hydrogens (tertiary/aromatic N) is 3. The van der Waals surface area contributed by atoms with E-state index in [1.54, 1.807) is 35.2 Å². The average Bonchev–Trinajstić information content (AvgIpc) is 3.13. The van der Waals surface area contributed by atoms with Gasteiger partial charge in [0.15, 0.2) is 5.17 Å². The van der Waals surface area contributed by atoms with Crippen molar-refractivity contribution in [2.45, 2.75) is 13.5 Å². The van der Waals surface area contributed by atoms with E-state index in [0.717, 1.165) is 5.56 Å². The lowest BCUT2D eigenvalue weighted by Crippen LogP contribution is -2.28. The van der Waals surface area contributed by atoms with Gasteiger partial charge in [-0.3, -0.25) is 19.8 Å². The van der Waals surface area contributed by atoms with Crippen LogP contribution in [0.1, 0.15) is 18.1 Å². The molecule has 1 fully saturated rings. The second kappa shape index (κ2) is 11.4. The molecule has 7 nitrogen and oxygen atoms in total. The van der Waals surface area contributed by atoms with Gasteiger partial charge in [0.25, 0.3) is 11.6 Å². The second-order valence-corrected chi connectivity index (χ2v) is 10.3. The Labute approximate surface area is 227 Å². The summed E-state index contributed by atoms with van der Waals surface area (Å²) in [6.07, 6.45) is 1.77. The van der Waals surface area contributed by atoms with Gasteiger partial charge in [0, 0.05) is 18.7 Å². The Morgan fingerprint density at radius 1 is 1.14 bits per heavy atom. The Kier molecular flexibility index (Phi) is 8.22. The Bertz CT molecular complexity index is 1370. The molecule has 1 heterocycles. The number of amidine groups is 1. The van der Waals surface area contributed by atoms with Crippen molar-refractivity contribution >= 4 is 72.1 Å². The highest BCUT2D eigenvalue weighted by atomic mass is 79.9. The van der Waals surface area contributed by atoms with E-state index in [-0.39, 0.29) is 24.0 Å². The van der Waals surface area contributed by atoms with E-state index in [1.807, 2.05) is 19.1 Å². The van der Waals surface area contributed by atoms with Crippen molar-refractivity contribution in [3.05, 3.63) is 102 Å². The number of nitro groups is 1. The number of non-ortho nitro benzene ring substituents is 1. The highest BCUT2D eigenvalue weighted by Crippen LogP contribution is 2.38. The van der Waals surface area contributed by atoms with E-state index < -0.39 is 4.92 Å². The molecular weight excluding hydrogens is 617 g/mol. The van der Waals surface area contributed by atoms with Crippen LogP contribution >= 0.6 is 43.6 Å². The van der Waals surface area contributed by atoms with Crippen LogP contribution in [0, 0.1) is 15.9 Å². The first-order valence-corrected chi connectivity index (χ1v) is 13.1. The Balaban J connectivity index is 1.54. The lowest BCUT2D eigenvalue weighted by molar-refractivity contribution is -0.384. The Hall–Kier alpha value is -3.02. The van der Waals surface area contributed by atoms with E-state index in [9.17, 15) is 19.3 Å². The summed E-state index contributed by atoms with van der Waals surface area (Å²) in [6, 6.07) is 15.7. The molecule has 11 heteroatoms. The molecular formula is C25H18Br2FN3O4S. The number of thioether (sulfide) groups is 1. The minimum absolute atomic E-state index is 0.00149. The zero-order chi connectivity index (χ0) is 25.8. The van der Waals surface area contributed by atoms with Gasteiger partial charge in [-0.1, -0.05) is 12.1 Å². The number of nitro benzene ring substituents is 1. The van der Waals surface area contributed by atoms with Crippen molar-refractivity contribution in [1.82, 2.24) is 4.90 Å². The van der Waals surface area contributed by atoms with E-state index in [2.05, 4.69) is 36.9 Å². The maximum absolute atomic E-state index is 13.2. The number of carbonyl (C=O) groups is 1.